The predicted molar refractivity (Wildman–Crippen MR) is 94.5 cm³/mol. The van der Waals surface area contributed by atoms with Crippen LogP contribution in [0.25, 0.3) is 0 Å². The Balaban J connectivity index is 1.64. The zero-order valence-electron chi connectivity index (χ0n) is 14.1. The zero-order valence-corrected chi connectivity index (χ0v) is 14.1. The minimum atomic E-state index is -0.291. The van der Waals surface area contributed by atoms with Crippen molar-refractivity contribution in [3.8, 4) is 0 Å². The summed E-state index contributed by atoms with van der Waals surface area (Å²) in [6, 6.07) is 15.7. The lowest BCUT2D eigenvalue weighted by atomic mass is 10.1. The number of nitrogens with one attached hydrogen (secondary N) is 1. The van der Waals surface area contributed by atoms with Crippen LogP contribution in [0.15, 0.2) is 48.5 Å². The first-order valence-corrected chi connectivity index (χ1v) is 8.23. The van der Waals surface area contributed by atoms with Crippen LogP contribution < -0.4 is 5.32 Å². The SMILES string of the molecule is Cc1cccc(NC(=O)[C@@H]2CC(=O)N(Cc3ccccc3)C2)c1C. The Labute approximate surface area is 142 Å². The molecule has 2 amide bonds. The summed E-state index contributed by atoms with van der Waals surface area (Å²) in [5.41, 5.74) is 4.12. The minimum Gasteiger partial charge on any atom is -0.338 e. The summed E-state index contributed by atoms with van der Waals surface area (Å²) in [5, 5.41) is 2.98. The van der Waals surface area contributed by atoms with Gasteiger partial charge in [0.05, 0.1) is 5.92 Å². The fraction of sp³-hybridized carbons (Fsp3) is 0.300. The summed E-state index contributed by atoms with van der Waals surface area (Å²) < 4.78 is 0. The number of carbonyl (C=O) groups excluding carboxylic acids is 2. The molecule has 0 radical (unpaired) electrons. The smallest absolute Gasteiger partial charge is 0.229 e. The number of aryl methyl sites for hydroxylation is 1. The van der Waals surface area contributed by atoms with Crippen LogP contribution in [0.2, 0.25) is 0 Å². The minimum absolute atomic E-state index is 0.0416. The number of benzene rings is 2. The summed E-state index contributed by atoms with van der Waals surface area (Å²) >= 11 is 0. The molecule has 0 aliphatic carbocycles. The maximum Gasteiger partial charge on any atom is 0.229 e. The fourth-order valence-electron chi connectivity index (χ4n) is 3.03. The van der Waals surface area contributed by atoms with Gasteiger partial charge in [-0.15, -0.1) is 0 Å². The van der Waals surface area contributed by atoms with Crippen LogP contribution in [-0.4, -0.2) is 23.3 Å². The number of hydrogen-bond acceptors (Lipinski definition) is 2. The van der Waals surface area contributed by atoms with Gasteiger partial charge in [0.1, 0.15) is 0 Å². The number of nitrogens with zero attached hydrogens (tertiary/aromatic N) is 1. The summed E-state index contributed by atoms with van der Waals surface area (Å²) in [6.45, 7) is 5.05. The normalized spacial score (nSPS) is 17.2. The lowest BCUT2D eigenvalue weighted by Gasteiger charge is -2.17. The van der Waals surface area contributed by atoms with Crippen molar-refractivity contribution in [2.24, 2.45) is 5.92 Å². The quantitative estimate of drug-likeness (QED) is 0.939. The molecule has 2 aromatic carbocycles. The lowest BCUT2D eigenvalue weighted by Crippen LogP contribution is -2.28. The van der Waals surface area contributed by atoms with Gasteiger partial charge in [0.25, 0.3) is 0 Å². The van der Waals surface area contributed by atoms with E-state index in [0.717, 1.165) is 22.4 Å². The topological polar surface area (TPSA) is 49.4 Å². The van der Waals surface area contributed by atoms with E-state index in [1.807, 2.05) is 62.4 Å². The number of amides is 2. The Morgan fingerprint density at radius 3 is 2.62 bits per heavy atom. The predicted octanol–water partition coefficient (Wildman–Crippen LogP) is 3.29. The number of rotatable bonds is 4. The molecule has 4 heteroatoms. The van der Waals surface area contributed by atoms with Crippen molar-refractivity contribution in [1.29, 1.82) is 0 Å². The Morgan fingerprint density at radius 1 is 1.12 bits per heavy atom. The van der Waals surface area contributed by atoms with Gasteiger partial charge in [-0.05, 0) is 36.6 Å². The molecule has 4 nitrogen and oxygen atoms in total. The van der Waals surface area contributed by atoms with Gasteiger partial charge in [0.15, 0.2) is 0 Å². The maximum absolute atomic E-state index is 12.5. The van der Waals surface area contributed by atoms with Gasteiger partial charge < -0.3 is 10.2 Å². The van der Waals surface area contributed by atoms with Crippen LogP contribution in [0, 0.1) is 19.8 Å². The first kappa shape index (κ1) is 16.2. The van der Waals surface area contributed by atoms with Crippen molar-refractivity contribution in [1.82, 2.24) is 4.90 Å². The van der Waals surface area contributed by atoms with E-state index in [9.17, 15) is 9.59 Å². The number of likely N-dealkylation sites (tertiary alicyclic amines) is 1. The molecule has 2 aromatic rings. The third kappa shape index (κ3) is 3.48. The van der Waals surface area contributed by atoms with Gasteiger partial charge in [-0.3, -0.25) is 9.59 Å². The van der Waals surface area contributed by atoms with Crippen molar-refractivity contribution in [3.05, 3.63) is 65.2 Å². The van der Waals surface area contributed by atoms with Gasteiger partial charge in [-0.25, -0.2) is 0 Å². The van der Waals surface area contributed by atoms with E-state index < -0.39 is 0 Å². The van der Waals surface area contributed by atoms with Gasteiger partial charge in [-0.1, -0.05) is 42.5 Å². The van der Waals surface area contributed by atoms with Gasteiger partial charge >= 0.3 is 0 Å². The lowest BCUT2D eigenvalue weighted by molar-refractivity contribution is -0.128. The standard InChI is InChI=1S/C20H22N2O2/c1-14-7-6-10-18(15(14)2)21-20(24)17-11-19(23)22(13-17)12-16-8-4-3-5-9-16/h3-10,17H,11-13H2,1-2H3,(H,21,24)/t17-/m1/s1. The van der Waals surface area contributed by atoms with E-state index in [-0.39, 0.29) is 24.2 Å². The fourth-order valence-corrected chi connectivity index (χ4v) is 3.03. The van der Waals surface area contributed by atoms with Crippen molar-refractivity contribution >= 4 is 17.5 Å². The highest BCUT2D eigenvalue weighted by Crippen LogP contribution is 2.24. The Bertz CT molecular complexity index is 755. The van der Waals surface area contributed by atoms with E-state index >= 15 is 0 Å². The van der Waals surface area contributed by atoms with Gasteiger partial charge in [0, 0.05) is 25.2 Å². The molecule has 1 heterocycles. The first-order valence-electron chi connectivity index (χ1n) is 8.23. The Hall–Kier alpha value is -2.62. The van der Waals surface area contributed by atoms with E-state index in [4.69, 9.17) is 0 Å². The van der Waals surface area contributed by atoms with E-state index in [2.05, 4.69) is 5.32 Å². The zero-order chi connectivity index (χ0) is 17.1. The molecule has 1 aliphatic rings. The number of carbonyl (C=O) groups is 2. The maximum atomic E-state index is 12.5. The molecule has 0 bridgehead atoms. The molecular formula is C20H22N2O2. The average molecular weight is 322 g/mol. The van der Waals surface area contributed by atoms with Crippen LogP contribution >= 0.6 is 0 Å². The third-order valence-corrected chi connectivity index (χ3v) is 4.66. The molecule has 0 aromatic heterocycles. The molecule has 0 spiro atoms. The van der Waals surface area contributed by atoms with E-state index in [1.165, 1.54) is 0 Å². The first-order chi connectivity index (χ1) is 11.5. The second-order valence-corrected chi connectivity index (χ2v) is 6.40. The van der Waals surface area contributed by atoms with Crippen molar-refractivity contribution in [3.63, 3.8) is 0 Å². The molecule has 0 saturated carbocycles. The molecule has 1 aliphatic heterocycles. The number of anilines is 1. The largest absolute Gasteiger partial charge is 0.338 e. The van der Waals surface area contributed by atoms with Crippen molar-refractivity contribution < 1.29 is 9.59 Å². The Kier molecular flexibility index (Phi) is 4.65. The van der Waals surface area contributed by atoms with Gasteiger partial charge in [0.2, 0.25) is 11.8 Å². The molecule has 3 rings (SSSR count). The van der Waals surface area contributed by atoms with Crippen LogP contribution in [0.1, 0.15) is 23.1 Å². The molecule has 124 valence electrons. The monoisotopic (exact) mass is 322 g/mol. The highest BCUT2D eigenvalue weighted by molar-refractivity contribution is 5.97. The van der Waals surface area contributed by atoms with E-state index in [0.29, 0.717) is 13.1 Å². The molecule has 1 saturated heterocycles. The number of hydrogen-bond donors (Lipinski definition) is 1. The third-order valence-electron chi connectivity index (χ3n) is 4.66. The summed E-state index contributed by atoms with van der Waals surface area (Å²) in [5.74, 6) is -0.325. The van der Waals surface area contributed by atoms with E-state index in [1.54, 1.807) is 4.90 Å². The van der Waals surface area contributed by atoms with Crippen LogP contribution in [0.5, 0.6) is 0 Å². The van der Waals surface area contributed by atoms with Crippen LogP contribution in [0.4, 0.5) is 5.69 Å². The highest BCUT2D eigenvalue weighted by Gasteiger charge is 2.34. The van der Waals surface area contributed by atoms with Gasteiger partial charge in [-0.2, -0.15) is 0 Å². The van der Waals surface area contributed by atoms with Crippen LogP contribution in [0.3, 0.4) is 0 Å². The second-order valence-electron chi connectivity index (χ2n) is 6.40. The summed E-state index contributed by atoms with van der Waals surface area (Å²) in [4.78, 5) is 26.5. The molecule has 0 unspecified atom stereocenters. The van der Waals surface area contributed by atoms with Crippen molar-refractivity contribution in [2.45, 2.75) is 26.8 Å². The second kappa shape index (κ2) is 6.87. The highest BCUT2D eigenvalue weighted by atomic mass is 16.2. The molecule has 24 heavy (non-hydrogen) atoms. The molecular weight excluding hydrogens is 300 g/mol. The molecule has 1 N–H and O–H groups in total. The summed E-state index contributed by atoms with van der Waals surface area (Å²) in [7, 11) is 0. The van der Waals surface area contributed by atoms with Crippen molar-refractivity contribution in [2.75, 3.05) is 11.9 Å². The Morgan fingerprint density at radius 2 is 1.88 bits per heavy atom. The summed E-state index contributed by atoms with van der Waals surface area (Å²) in [6.07, 6.45) is 0.281. The average Bonchev–Trinajstić information content (AvgIpc) is 2.94. The van der Waals surface area contributed by atoms with Crippen LogP contribution in [-0.2, 0) is 16.1 Å². The molecule has 1 atom stereocenters. The molecule has 1 fully saturated rings.